The monoisotopic (exact) mass is 357 g/mol. The summed E-state index contributed by atoms with van der Waals surface area (Å²) in [7, 11) is 1.59. The number of carboxylic acid groups (broad SMARTS) is 1. The van der Waals surface area contributed by atoms with Gasteiger partial charge in [-0.1, -0.05) is 31.5 Å². The largest absolute Gasteiger partial charge is 0.496 e. The maximum atomic E-state index is 11.5. The molecule has 0 aliphatic carbocycles. The van der Waals surface area contributed by atoms with E-state index in [1.165, 1.54) is 5.56 Å². The van der Waals surface area contributed by atoms with Gasteiger partial charge in [0, 0.05) is 21.5 Å². The maximum Gasteiger partial charge on any atom is 0.307 e. The second kappa shape index (κ2) is 6.81. The van der Waals surface area contributed by atoms with E-state index in [1.54, 1.807) is 25.3 Å². The summed E-state index contributed by atoms with van der Waals surface area (Å²) in [6, 6.07) is 11.5. The molecule has 0 bridgehead atoms. The summed E-state index contributed by atoms with van der Waals surface area (Å²) in [6.07, 6.45) is -0.0768. The molecule has 2 N–H and O–H groups in total. The van der Waals surface area contributed by atoms with Crippen LogP contribution in [0.4, 0.5) is 0 Å². The quantitative estimate of drug-likeness (QED) is 0.655. The van der Waals surface area contributed by atoms with E-state index in [0.717, 1.165) is 27.7 Å². The van der Waals surface area contributed by atoms with Crippen molar-refractivity contribution in [1.29, 1.82) is 0 Å². The third kappa shape index (κ3) is 3.35. The molecule has 1 aromatic heterocycles. The molecule has 0 aliphatic rings. The minimum atomic E-state index is -0.877. The fourth-order valence-corrected chi connectivity index (χ4v) is 3.24. The summed E-state index contributed by atoms with van der Waals surface area (Å²) in [6.45, 7) is 4.23. The van der Waals surface area contributed by atoms with Crippen LogP contribution in [0.25, 0.3) is 22.2 Å². The van der Waals surface area contributed by atoms with Crippen LogP contribution in [0.3, 0.4) is 0 Å². The lowest BCUT2D eigenvalue weighted by molar-refractivity contribution is -0.136. The van der Waals surface area contributed by atoms with E-state index in [9.17, 15) is 9.90 Å². The Labute approximate surface area is 151 Å². The van der Waals surface area contributed by atoms with Crippen molar-refractivity contribution in [2.75, 3.05) is 7.11 Å². The Hall–Kier alpha value is -2.46. The zero-order valence-electron chi connectivity index (χ0n) is 14.4. The maximum absolute atomic E-state index is 11.5. The fourth-order valence-electron chi connectivity index (χ4n) is 3.06. The molecule has 25 heavy (non-hydrogen) atoms. The van der Waals surface area contributed by atoms with Crippen molar-refractivity contribution in [3.8, 4) is 17.0 Å². The highest BCUT2D eigenvalue weighted by Crippen LogP contribution is 2.38. The Balaban J connectivity index is 2.31. The van der Waals surface area contributed by atoms with Crippen LogP contribution in [0.1, 0.15) is 30.9 Å². The SMILES string of the molecule is COc1ccc(Cl)cc1-c1[nH]c2ccc(C(C)C)cc2c1CC(=O)O. The number of halogens is 1. The van der Waals surface area contributed by atoms with E-state index >= 15 is 0 Å². The van der Waals surface area contributed by atoms with E-state index in [-0.39, 0.29) is 6.42 Å². The van der Waals surface area contributed by atoms with Gasteiger partial charge in [0.2, 0.25) is 0 Å². The zero-order valence-corrected chi connectivity index (χ0v) is 15.1. The Bertz CT molecular complexity index is 944. The van der Waals surface area contributed by atoms with Crippen molar-refractivity contribution in [3.05, 3.63) is 52.5 Å². The number of carboxylic acids is 1. The first-order valence-corrected chi connectivity index (χ1v) is 8.48. The number of ether oxygens (including phenoxy) is 1. The Kier molecular flexibility index (Phi) is 4.73. The lowest BCUT2D eigenvalue weighted by atomic mass is 9.97. The highest BCUT2D eigenvalue weighted by atomic mass is 35.5. The summed E-state index contributed by atoms with van der Waals surface area (Å²) in [5, 5.41) is 10.9. The Morgan fingerprint density at radius 1 is 1.24 bits per heavy atom. The molecule has 0 radical (unpaired) electrons. The number of benzene rings is 2. The van der Waals surface area contributed by atoms with Gasteiger partial charge in [0.1, 0.15) is 5.75 Å². The van der Waals surface area contributed by atoms with Gasteiger partial charge >= 0.3 is 5.97 Å². The normalized spacial score (nSPS) is 11.2. The van der Waals surface area contributed by atoms with Crippen LogP contribution < -0.4 is 4.74 Å². The van der Waals surface area contributed by atoms with Gasteiger partial charge < -0.3 is 14.8 Å². The van der Waals surface area contributed by atoms with Crippen LogP contribution in [0.2, 0.25) is 5.02 Å². The number of carbonyl (C=O) groups is 1. The summed E-state index contributed by atoms with van der Waals surface area (Å²) in [5.74, 6) is 0.130. The van der Waals surface area contributed by atoms with Gasteiger partial charge in [-0.2, -0.15) is 0 Å². The van der Waals surface area contributed by atoms with E-state index in [4.69, 9.17) is 16.3 Å². The number of aromatic nitrogens is 1. The molecule has 5 heteroatoms. The molecule has 0 fully saturated rings. The number of H-pyrrole nitrogens is 1. The highest BCUT2D eigenvalue weighted by Gasteiger charge is 2.19. The van der Waals surface area contributed by atoms with Crippen molar-refractivity contribution in [2.45, 2.75) is 26.2 Å². The number of rotatable bonds is 5. The Morgan fingerprint density at radius 3 is 2.64 bits per heavy atom. The standard InChI is InChI=1S/C20H20ClNO3/c1-11(2)12-4-6-17-14(8-12)15(10-19(23)24)20(22-17)16-9-13(21)5-7-18(16)25-3/h4-9,11,22H,10H2,1-3H3,(H,23,24). The number of hydrogen-bond donors (Lipinski definition) is 2. The first-order valence-electron chi connectivity index (χ1n) is 8.11. The van der Waals surface area contributed by atoms with Crippen LogP contribution >= 0.6 is 11.6 Å². The molecule has 130 valence electrons. The van der Waals surface area contributed by atoms with Crippen LogP contribution in [0.15, 0.2) is 36.4 Å². The van der Waals surface area contributed by atoms with Gasteiger partial charge in [-0.3, -0.25) is 4.79 Å². The topological polar surface area (TPSA) is 62.3 Å². The number of fused-ring (bicyclic) bond motifs is 1. The van der Waals surface area contributed by atoms with Crippen LogP contribution in [-0.4, -0.2) is 23.2 Å². The Morgan fingerprint density at radius 2 is 2.00 bits per heavy atom. The molecular weight excluding hydrogens is 338 g/mol. The fraction of sp³-hybridized carbons (Fsp3) is 0.250. The van der Waals surface area contributed by atoms with Gasteiger partial charge in [-0.15, -0.1) is 0 Å². The molecule has 3 aromatic rings. The third-order valence-corrected chi connectivity index (χ3v) is 4.59. The lowest BCUT2D eigenvalue weighted by Crippen LogP contribution is -2.01. The number of hydrogen-bond acceptors (Lipinski definition) is 2. The predicted octanol–water partition coefficient (Wildman–Crippen LogP) is 5.25. The minimum Gasteiger partial charge on any atom is -0.496 e. The molecule has 0 atom stereocenters. The van der Waals surface area contributed by atoms with Crippen molar-refractivity contribution < 1.29 is 14.6 Å². The molecular formula is C20H20ClNO3. The summed E-state index contributed by atoms with van der Waals surface area (Å²) >= 11 is 6.16. The molecule has 3 rings (SSSR count). The van der Waals surface area contributed by atoms with Crippen molar-refractivity contribution >= 4 is 28.5 Å². The van der Waals surface area contributed by atoms with Crippen molar-refractivity contribution in [1.82, 2.24) is 4.98 Å². The summed E-state index contributed by atoms with van der Waals surface area (Å²) in [5.41, 5.74) is 4.30. The van der Waals surface area contributed by atoms with Gasteiger partial charge in [-0.25, -0.2) is 0 Å². The minimum absolute atomic E-state index is 0.0768. The summed E-state index contributed by atoms with van der Waals surface area (Å²) < 4.78 is 5.45. The molecule has 4 nitrogen and oxygen atoms in total. The first-order chi connectivity index (χ1) is 11.9. The predicted molar refractivity (Wildman–Crippen MR) is 101 cm³/mol. The van der Waals surface area contributed by atoms with Gasteiger partial charge in [0.15, 0.2) is 0 Å². The zero-order chi connectivity index (χ0) is 18.1. The molecule has 0 saturated carbocycles. The number of aromatic amines is 1. The molecule has 0 amide bonds. The van der Waals surface area contributed by atoms with E-state index in [1.807, 2.05) is 6.07 Å². The molecule has 0 unspecified atom stereocenters. The first kappa shape index (κ1) is 17.4. The second-order valence-corrected chi connectivity index (χ2v) is 6.79. The average molecular weight is 358 g/mol. The molecule has 2 aromatic carbocycles. The van der Waals surface area contributed by atoms with Crippen LogP contribution in [-0.2, 0) is 11.2 Å². The smallest absolute Gasteiger partial charge is 0.307 e. The average Bonchev–Trinajstić information content (AvgIpc) is 2.92. The van der Waals surface area contributed by atoms with Gasteiger partial charge in [0.05, 0.1) is 19.2 Å². The number of methoxy groups -OCH3 is 1. The van der Waals surface area contributed by atoms with Crippen molar-refractivity contribution in [3.63, 3.8) is 0 Å². The number of nitrogens with one attached hydrogen (secondary N) is 1. The second-order valence-electron chi connectivity index (χ2n) is 6.35. The molecule has 0 spiro atoms. The van der Waals surface area contributed by atoms with E-state index in [0.29, 0.717) is 16.7 Å². The van der Waals surface area contributed by atoms with Crippen LogP contribution in [0.5, 0.6) is 5.75 Å². The summed E-state index contributed by atoms with van der Waals surface area (Å²) in [4.78, 5) is 14.8. The third-order valence-electron chi connectivity index (χ3n) is 4.36. The van der Waals surface area contributed by atoms with Crippen LogP contribution in [0, 0.1) is 0 Å². The molecule has 0 aliphatic heterocycles. The van der Waals surface area contributed by atoms with E-state index < -0.39 is 5.97 Å². The van der Waals surface area contributed by atoms with E-state index in [2.05, 4.69) is 31.0 Å². The lowest BCUT2D eigenvalue weighted by Gasteiger charge is -2.10. The van der Waals surface area contributed by atoms with Gasteiger partial charge in [0.25, 0.3) is 0 Å². The molecule has 0 saturated heterocycles. The van der Waals surface area contributed by atoms with Gasteiger partial charge in [-0.05, 0) is 47.4 Å². The molecule has 1 heterocycles. The highest BCUT2D eigenvalue weighted by molar-refractivity contribution is 6.31. The number of aliphatic carboxylic acids is 1. The van der Waals surface area contributed by atoms with Crippen molar-refractivity contribution in [2.24, 2.45) is 0 Å².